The summed E-state index contributed by atoms with van der Waals surface area (Å²) in [4.78, 5) is 19.1. The number of aliphatic hydroxyl groups is 1. The van der Waals surface area contributed by atoms with Crippen molar-refractivity contribution in [3.05, 3.63) is 64.7 Å². The summed E-state index contributed by atoms with van der Waals surface area (Å²) in [7, 11) is -2.39. The molecule has 0 radical (unpaired) electrons. The van der Waals surface area contributed by atoms with E-state index in [0.717, 1.165) is 37.2 Å². The quantitative estimate of drug-likeness (QED) is 0.477. The Morgan fingerprint density at radius 3 is 2.53 bits per heavy atom. The molecule has 0 aliphatic carbocycles. The number of nitrogens with one attached hydrogen (secondary N) is 1. The number of nitrogens with zero attached hydrogens (tertiary/aromatic N) is 3. The maximum atomic E-state index is 13.2. The van der Waals surface area contributed by atoms with Gasteiger partial charge in [-0.15, -0.1) is 0 Å². The predicted molar refractivity (Wildman–Crippen MR) is 132 cm³/mol. The third-order valence-corrected chi connectivity index (χ3v) is 7.66. The van der Waals surface area contributed by atoms with Gasteiger partial charge in [0.05, 0.1) is 18.0 Å². The molecule has 9 heteroatoms. The first-order valence-corrected chi connectivity index (χ1v) is 13.3. The summed E-state index contributed by atoms with van der Waals surface area (Å²) in [5.74, 6) is 0.0590. The van der Waals surface area contributed by atoms with Crippen LogP contribution in [0.4, 0.5) is 5.69 Å². The zero-order valence-corrected chi connectivity index (χ0v) is 20.1. The van der Waals surface area contributed by atoms with Gasteiger partial charge in [-0.2, -0.15) is 0 Å². The molecule has 0 saturated carbocycles. The third-order valence-electron chi connectivity index (χ3n) is 7.03. The van der Waals surface area contributed by atoms with E-state index in [1.54, 1.807) is 4.90 Å². The largest absolute Gasteiger partial charge is 0.390 e. The molecular formula is C25H32N4O4S. The summed E-state index contributed by atoms with van der Waals surface area (Å²) in [6.45, 7) is 4.61. The number of carbonyl (C=O) groups excluding carboxylic acids is 1. The maximum absolute atomic E-state index is 13.2. The number of aliphatic hydroxyl groups excluding tert-OH is 1. The van der Waals surface area contributed by atoms with Gasteiger partial charge in [-0.3, -0.25) is 14.6 Å². The lowest BCUT2D eigenvalue weighted by Gasteiger charge is -2.39. The third kappa shape index (κ3) is 5.27. The summed E-state index contributed by atoms with van der Waals surface area (Å²) in [6, 6.07) is 14.5. The van der Waals surface area contributed by atoms with Crippen molar-refractivity contribution in [2.45, 2.75) is 31.5 Å². The Morgan fingerprint density at radius 2 is 1.74 bits per heavy atom. The van der Waals surface area contributed by atoms with E-state index in [9.17, 15) is 18.3 Å². The van der Waals surface area contributed by atoms with Gasteiger partial charge in [0, 0.05) is 57.1 Å². The van der Waals surface area contributed by atoms with E-state index in [2.05, 4.69) is 34.5 Å². The highest BCUT2D eigenvalue weighted by molar-refractivity contribution is 7.72. The molecule has 0 unspecified atom stereocenters. The molecule has 3 aliphatic heterocycles. The molecule has 34 heavy (non-hydrogen) atoms. The van der Waals surface area contributed by atoms with Crippen LogP contribution in [0.2, 0.25) is 0 Å². The van der Waals surface area contributed by atoms with Crippen LogP contribution >= 0.6 is 0 Å². The lowest BCUT2D eigenvalue weighted by Crippen LogP contribution is -2.55. The Balaban J connectivity index is 1.16. The zero-order chi connectivity index (χ0) is 23.7. The minimum absolute atomic E-state index is 0.0356. The number of amides is 1. The van der Waals surface area contributed by atoms with Gasteiger partial charge in [0.25, 0.3) is 5.91 Å². The average molecular weight is 485 g/mol. The summed E-state index contributed by atoms with van der Waals surface area (Å²) >= 11 is 0. The van der Waals surface area contributed by atoms with Crippen LogP contribution in [-0.2, 0) is 30.1 Å². The number of hydrogen-bond donors (Lipinski definition) is 3. The number of likely N-dealkylation sites (tertiary alicyclic amines) is 1. The average Bonchev–Trinajstić information content (AvgIpc) is 2.79. The van der Waals surface area contributed by atoms with Gasteiger partial charge >= 0.3 is 0 Å². The van der Waals surface area contributed by atoms with Crippen molar-refractivity contribution in [2.24, 2.45) is 0 Å². The van der Waals surface area contributed by atoms with Crippen molar-refractivity contribution in [1.82, 2.24) is 14.7 Å². The van der Waals surface area contributed by atoms with Crippen molar-refractivity contribution in [2.75, 3.05) is 50.5 Å². The molecule has 3 aliphatic rings. The van der Waals surface area contributed by atoms with Crippen molar-refractivity contribution >= 4 is 22.3 Å². The van der Waals surface area contributed by atoms with Crippen LogP contribution in [-0.4, -0.2) is 91.4 Å². The SMILES string of the molecule is O=C1c2cc(NC3CN(C[SH](=O)=O)C3)ccc2CCN1C[C@@H](O)CN1CCc2ccccc2C1. The molecule has 1 saturated heterocycles. The van der Waals surface area contributed by atoms with Crippen LogP contribution in [0.5, 0.6) is 0 Å². The molecule has 0 spiro atoms. The van der Waals surface area contributed by atoms with Gasteiger partial charge in [0.15, 0.2) is 10.7 Å². The number of benzene rings is 2. The van der Waals surface area contributed by atoms with Gasteiger partial charge in [-0.25, -0.2) is 8.42 Å². The van der Waals surface area contributed by atoms with Crippen LogP contribution in [0.25, 0.3) is 0 Å². The molecule has 1 fully saturated rings. The highest BCUT2D eigenvalue weighted by Crippen LogP contribution is 2.25. The highest BCUT2D eigenvalue weighted by atomic mass is 32.2. The lowest BCUT2D eigenvalue weighted by molar-refractivity contribution is 0.0493. The lowest BCUT2D eigenvalue weighted by atomic mass is 9.97. The Kier molecular flexibility index (Phi) is 6.87. The summed E-state index contributed by atoms with van der Waals surface area (Å²) in [6.07, 6.45) is 1.17. The van der Waals surface area contributed by atoms with E-state index in [4.69, 9.17) is 0 Å². The molecule has 3 heterocycles. The number of rotatable bonds is 8. The number of carbonyl (C=O) groups is 1. The molecule has 1 atom stereocenters. The standard InChI is InChI=1S/C25H32N4O4S/c30-23(15-27-9-7-18-3-1-2-4-20(18)12-27)16-29-10-8-19-5-6-21(11-24(19)25(29)31)26-22-13-28(14-22)17-34(32)33/h1-6,11,22-23,26,30,34H,7-10,12-17H2/t23-/m0/s1. The molecule has 1 amide bonds. The second-order valence-electron chi connectivity index (χ2n) is 9.63. The Hall–Kier alpha value is -2.46. The van der Waals surface area contributed by atoms with Crippen LogP contribution in [0, 0.1) is 0 Å². The minimum Gasteiger partial charge on any atom is -0.390 e. The smallest absolute Gasteiger partial charge is 0.254 e. The van der Waals surface area contributed by atoms with Crippen molar-refractivity contribution in [3.8, 4) is 0 Å². The van der Waals surface area contributed by atoms with Gasteiger partial charge in [0.1, 0.15) is 0 Å². The minimum atomic E-state index is -2.39. The topological polar surface area (TPSA) is 93.2 Å². The Labute approximate surface area is 202 Å². The number of hydrogen-bond acceptors (Lipinski definition) is 7. The van der Waals surface area contributed by atoms with Gasteiger partial charge in [-0.1, -0.05) is 30.3 Å². The predicted octanol–water partition coefficient (Wildman–Crippen LogP) is 0.769. The van der Waals surface area contributed by atoms with Crippen LogP contribution in [0.3, 0.4) is 0 Å². The van der Waals surface area contributed by atoms with Gasteiger partial charge in [0.2, 0.25) is 0 Å². The van der Waals surface area contributed by atoms with Crippen molar-refractivity contribution in [3.63, 3.8) is 0 Å². The molecule has 2 aromatic carbocycles. The second-order valence-corrected chi connectivity index (χ2v) is 10.6. The fraction of sp³-hybridized carbons (Fsp3) is 0.480. The number of thiol groups is 1. The van der Waals surface area contributed by atoms with Crippen molar-refractivity contribution < 1.29 is 18.3 Å². The molecule has 0 bridgehead atoms. The summed E-state index contributed by atoms with van der Waals surface area (Å²) in [5, 5.41) is 14.2. The first-order valence-electron chi connectivity index (χ1n) is 11.9. The van der Waals surface area contributed by atoms with E-state index in [1.165, 1.54) is 11.1 Å². The van der Waals surface area contributed by atoms with Crippen LogP contribution in [0.1, 0.15) is 27.0 Å². The summed E-state index contributed by atoms with van der Waals surface area (Å²) in [5.41, 5.74) is 5.30. The van der Waals surface area contributed by atoms with E-state index < -0.39 is 16.8 Å². The molecule has 5 rings (SSSR count). The van der Waals surface area contributed by atoms with Crippen molar-refractivity contribution in [1.29, 1.82) is 0 Å². The zero-order valence-electron chi connectivity index (χ0n) is 19.2. The molecule has 0 aromatic heterocycles. The molecule has 8 nitrogen and oxygen atoms in total. The number of β-amino-alcohol motifs (C(OH)–C–C–N with tert-alkyl or cyclic N) is 1. The first kappa shape index (κ1) is 23.3. The fourth-order valence-corrected chi connectivity index (χ4v) is 5.84. The second kappa shape index (κ2) is 10.0. The maximum Gasteiger partial charge on any atom is 0.254 e. The number of anilines is 1. The Bertz CT molecular complexity index is 1120. The normalized spacial score (nSPS) is 20.1. The van der Waals surface area contributed by atoms with Gasteiger partial charge in [-0.05, 0) is 41.7 Å². The molecule has 2 N–H and O–H groups in total. The number of fused-ring (bicyclic) bond motifs is 2. The van der Waals surface area contributed by atoms with Crippen LogP contribution in [0.15, 0.2) is 42.5 Å². The molecule has 2 aromatic rings. The van der Waals surface area contributed by atoms with E-state index >= 15 is 0 Å². The van der Waals surface area contributed by atoms with Crippen LogP contribution < -0.4 is 5.32 Å². The molecular weight excluding hydrogens is 452 g/mol. The van der Waals surface area contributed by atoms with E-state index in [0.29, 0.717) is 38.3 Å². The van der Waals surface area contributed by atoms with Gasteiger partial charge < -0.3 is 15.3 Å². The Morgan fingerprint density at radius 1 is 0.971 bits per heavy atom. The highest BCUT2D eigenvalue weighted by Gasteiger charge is 2.29. The van der Waals surface area contributed by atoms with E-state index in [-0.39, 0.29) is 17.8 Å². The molecule has 182 valence electrons. The monoisotopic (exact) mass is 484 g/mol. The first-order chi connectivity index (χ1) is 16.4. The van der Waals surface area contributed by atoms with E-state index in [1.807, 2.05) is 23.1 Å². The summed E-state index contributed by atoms with van der Waals surface area (Å²) < 4.78 is 21.7. The fourth-order valence-electron chi connectivity index (χ4n) is 5.28.